The molecule has 0 spiro atoms. The normalized spacial score (nSPS) is 19.0. The lowest BCUT2D eigenvalue weighted by molar-refractivity contribution is -0.117. The second-order valence-corrected chi connectivity index (χ2v) is 9.04. The van der Waals surface area contributed by atoms with Crippen LogP contribution in [0.25, 0.3) is 0 Å². The number of hydrogen-bond acceptors (Lipinski definition) is 5. The van der Waals surface area contributed by atoms with Crippen molar-refractivity contribution < 1.29 is 17.9 Å². The van der Waals surface area contributed by atoms with Crippen LogP contribution in [0.1, 0.15) is 13.8 Å². The molecule has 0 saturated heterocycles. The van der Waals surface area contributed by atoms with E-state index in [4.69, 9.17) is 4.74 Å². The molecule has 1 atom stereocenters. The van der Waals surface area contributed by atoms with Gasteiger partial charge in [0.1, 0.15) is 11.9 Å². The van der Waals surface area contributed by atoms with Crippen molar-refractivity contribution in [3.8, 4) is 5.75 Å². The largest absolute Gasteiger partial charge is 0.487 e. The molecule has 4 rings (SSSR count). The highest BCUT2D eigenvalue weighted by atomic mass is 32.2. The second kappa shape index (κ2) is 6.70. The molecule has 0 N–H and O–H groups in total. The van der Waals surface area contributed by atoms with Gasteiger partial charge in [-0.15, -0.1) is 0 Å². The monoisotopic (exact) mass is 401 g/mol. The number of rotatable bonds is 2. The highest BCUT2D eigenvalue weighted by Gasteiger charge is 2.33. The number of sulfonamides is 1. The van der Waals surface area contributed by atoms with Crippen molar-refractivity contribution in [2.75, 3.05) is 40.8 Å². The van der Waals surface area contributed by atoms with Gasteiger partial charge in [0.2, 0.25) is 5.91 Å². The molecule has 148 valence electrons. The minimum Gasteiger partial charge on any atom is -0.487 e. The Labute approximate surface area is 165 Å². The zero-order chi connectivity index (χ0) is 20.1. The molecule has 7 nitrogen and oxygen atoms in total. The summed E-state index contributed by atoms with van der Waals surface area (Å²) in [6, 6.07) is 12.2. The van der Waals surface area contributed by atoms with Crippen molar-refractivity contribution in [1.82, 2.24) is 0 Å². The highest BCUT2D eigenvalue weighted by molar-refractivity contribution is 7.92. The Balaban J connectivity index is 1.79. The molecule has 2 aromatic rings. The fraction of sp³-hybridized carbons (Fsp3) is 0.350. The zero-order valence-corrected chi connectivity index (χ0v) is 16.9. The van der Waals surface area contributed by atoms with Gasteiger partial charge in [-0.1, -0.05) is 12.1 Å². The molecule has 28 heavy (non-hydrogen) atoms. The summed E-state index contributed by atoms with van der Waals surface area (Å²) in [5.74, 6) is 0.377. The molecular weight excluding hydrogens is 378 g/mol. The van der Waals surface area contributed by atoms with E-state index in [1.54, 1.807) is 23.1 Å². The Morgan fingerprint density at radius 2 is 1.79 bits per heavy atom. The summed E-state index contributed by atoms with van der Waals surface area (Å²) in [4.78, 5) is 15.8. The van der Waals surface area contributed by atoms with E-state index < -0.39 is 10.0 Å². The first-order valence-corrected chi connectivity index (χ1v) is 10.6. The van der Waals surface area contributed by atoms with Gasteiger partial charge < -0.3 is 14.5 Å². The summed E-state index contributed by atoms with van der Waals surface area (Å²) in [7, 11) is -1.83. The molecule has 1 unspecified atom stereocenters. The van der Waals surface area contributed by atoms with E-state index in [1.807, 2.05) is 43.1 Å². The fourth-order valence-corrected chi connectivity index (χ4v) is 5.22. The molecule has 2 aliphatic heterocycles. The van der Waals surface area contributed by atoms with Crippen molar-refractivity contribution in [1.29, 1.82) is 0 Å². The van der Waals surface area contributed by atoms with Crippen LogP contribution < -0.4 is 18.8 Å². The molecule has 0 aliphatic carbocycles. The Bertz CT molecular complexity index is 1040. The van der Waals surface area contributed by atoms with Gasteiger partial charge in [-0.25, -0.2) is 8.42 Å². The summed E-state index contributed by atoms with van der Waals surface area (Å²) >= 11 is 0. The average molecular weight is 401 g/mol. The lowest BCUT2D eigenvalue weighted by Crippen LogP contribution is -2.43. The van der Waals surface area contributed by atoms with Crippen LogP contribution in [0.2, 0.25) is 0 Å². The summed E-state index contributed by atoms with van der Waals surface area (Å²) in [6.45, 7) is 4.70. The van der Waals surface area contributed by atoms with Crippen LogP contribution in [-0.4, -0.2) is 47.1 Å². The van der Waals surface area contributed by atoms with Crippen LogP contribution >= 0.6 is 0 Å². The standard InChI is InChI=1S/C20H23N3O4S/c1-14-13-22(15(2)24)19-12-16(8-9-20(19)27-14)28(25,26)23-11-10-21(3)17-6-4-5-7-18(17)23/h4-9,12,14H,10-11,13H2,1-3H3. The molecule has 0 radical (unpaired) electrons. The third-order valence-corrected chi connectivity index (χ3v) is 6.97. The Morgan fingerprint density at radius 3 is 2.50 bits per heavy atom. The van der Waals surface area contributed by atoms with Gasteiger partial charge in [-0.3, -0.25) is 9.10 Å². The van der Waals surface area contributed by atoms with Crippen molar-refractivity contribution >= 4 is 33.0 Å². The quantitative estimate of drug-likeness (QED) is 0.773. The van der Waals surface area contributed by atoms with Crippen LogP contribution in [0, 0.1) is 0 Å². The van der Waals surface area contributed by atoms with E-state index in [0.717, 1.165) is 5.69 Å². The summed E-state index contributed by atoms with van der Waals surface area (Å²) in [5.41, 5.74) is 2.02. The maximum atomic E-state index is 13.4. The van der Waals surface area contributed by atoms with Gasteiger partial charge in [0.05, 0.1) is 35.0 Å². The van der Waals surface area contributed by atoms with E-state index in [2.05, 4.69) is 0 Å². The van der Waals surface area contributed by atoms with Crippen LogP contribution in [0.5, 0.6) is 5.75 Å². The summed E-state index contributed by atoms with van der Waals surface area (Å²) in [5, 5.41) is 0. The molecule has 2 aromatic carbocycles. The SMILES string of the molecule is CC(=O)N1CC(C)Oc2ccc(S(=O)(=O)N3CCN(C)c4ccccc43)cc21. The molecular formula is C20H23N3O4S. The van der Waals surface area contributed by atoms with Crippen LogP contribution in [0.4, 0.5) is 17.1 Å². The zero-order valence-electron chi connectivity index (χ0n) is 16.1. The van der Waals surface area contributed by atoms with Gasteiger partial charge >= 0.3 is 0 Å². The van der Waals surface area contributed by atoms with Crippen molar-refractivity contribution in [2.24, 2.45) is 0 Å². The minimum atomic E-state index is -3.78. The second-order valence-electron chi connectivity index (χ2n) is 7.18. The lowest BCUT2D eigenvalue weighted by atomic mass is 10.2. The van der Waals surface area contributed by atoms with E-state index in [0.29, 0.717) is 36.8 Å². The number of carbonyl (C=O) groups is 1. The molecule has 0 bridgehead atoms. The first-order chi connectivity index (χ1) is 13.3. The van der Waals surface area contributed by atoms with Crippen molar-refractivity contribution in [3.05, 3.63) is 42.5 Å². The first-order valence-electron chi connectivity index (χ1n) is 9.21. The van der Waals surface area contributed by atoms with E-state index in [9.17, 15) is 13.2 Å². The smallest absolute Gasteiger partial charge is 0.264 e. The first kappa shape index (κ1) is 18.6. The summed E-state index contributed by atoms with van der Waals surface area (Å²) < 4.78 is 34.1. The van der Waals surface area contributed by atoms with Gasteiger partial charge in [0.15, 0.2) is 0 Å². The molecule has 2 heterocycles. The molecule has 0 saturated carbocycles. The lowest BCUT2D eigenvalue weighted by Gasteiger charge is -2.37. The third kappa shape index (κ3) is 2.97. The predicted octanol–water partition coefficient (Wildman–Crippen LogP) is 2.47. The van der Waals surface area contributed by atoms with Crippen molar-refractivity contribution in [2.45, 2.75) is 24.8 Å². The molecule has 0 fully saturated rings. The molecule has 8 heteroatoms. The summed E-state index contributed by atoms with van der Waals surface area (Å²) in [6.07, 6.45) is -0.150. The Morgan fingerprint density at radius 1 is 1.07 bits per heavy atom. The molecule has 1 amide bonds. The number of ether oxygens (including phenoxy) is 1. The van der Waals surface area contributed by atoms with Crippen LogP contribution in [0.3, 0.4) is 0 Å². The third-order valence-electron chi connectivity index (χ3n) is 5.16. The number of amides is 1. The van der Waals surface area contributed by atoms with E-state index in [1.165, 1.54) is 11.2 Å². The van der Waals surface area contributed by atoms with Gasteiger partial charge in [-0.2, -0.15) is 0 Å². The maximum Gasteiger partial charge on any atom is 0.264 e. The number of hydrogen-bond donors (Lipinski definition) is 0. The fourth-order valence-electron chi connectivity index (χ4n) is 3.73. The van der Waals surface area contributed by atoms with E-state index in [-0.39, 0.29) is 16.9 Å². The number of benzene rings is 2. The Hall–Kier alpha value is -2.74. The number of likely N-dealkylation sites (N-methyl/N-ethyl adjacent to an activating group) is 1. The minimum absolute atomic E-state index is 0.143. The highest BCUT2D eigenvalue weighted by Crippen LogP contribution is 2.39. The van der Waals surface area contributed by atoms with Crippen LogP contribution in [0.15, 0.2) is 47.4 Å². The van der Waals surface area contributed by atoms with Gasteiger partial charge in [0.25, 0.3) is 10.0 Å². The van der Waals surface area contributed by atoms with Crippen molar-refractivity contribution in [3.63, 3.8) is 0 Å². The number of anilines is 3. The molecule has 0 aromatic heterocycles. The number of carbonyl (C=O) groups excluding carboxylic acids is 1. The van der Waals surface area contributed by atoms with E-state index >= 15 is 0 Å². The average Bonchev–Trinajstić information content (AvgIpc) is 2.67. The Kier molecular flexibility index (Phi) is 4.45. The number of para-hydroxylation sites is 2. The van der Waals surface area contributed by atoms with Gasteiger partial charge in [-0.05, 0) is 37.3 Å². The predicted molar refractivity (Wildman–Crippen MR) is 109 cm³/mol. The van der Waals surface area contributed by atoms with Crippen LogP contribution in [-0.2, 0) is 14.8 Å². The molecule has 2 aliphatic rings. The van der Waals surface area contributed by atoms with Gasteiger partial charge in [0, 0.05) is 20.5 Å². The maximum absolute atomic E-state index is 13.4. The number of nitrogens with zero attached hydrogens (tertiary/aromatic N) is 3. The topological polar surface area (TPSA) is 70.2 Å². The number of fused-ring (bicyclic) bond motifs is 2.